The van der Waals surface area contributed by atoms with Gasteiger partial charge in [0.05, 0.1) is 0 Å². The largest absolute Gasteiger partial charge is 0.339 e. The molecule has 3 amide bonds. The molecule has 0 saturated carbocycles. The SMILES string of the molecule is CCN1CCN(C(=O)C2=NNC(=O)CC2)C(Cc2cccc(-c3cccs3)c2)C1=O. The molecule has 1 aromatic carbocycles. The van der Waals surface area contributed by atoms with Crippen molar-refractivity contribution in [2.24, 2.45) is 5.10 Å². The number of amides is 3. The number of rotatable bonds is 5. The van der Waals surface area contributed by atoms with Gasteiger partial charge in [-0.2, -0.15) is 5.10 Å². The number of benzene rings is 1. The zero-order valence-corrected chi connectivity index (χ0v) is 17.7. The predicted octanol–water partition coefficient (Wildman–Crippen LogP) is 2.28. The zero-order valence-electron chi connectivity index (χ0n) is 16.8. The Labute approximate surface area is 179 Å². The monoisotopic (exact) mass is 424 g/mol. The average Bonchev–Trinajstić information content (AvgIpc) is 3.30. The third-order valence-electron chi connectivity index (χ3n) is 5.54. The van der Waals surface area contributed by atoms with E-state index >= 15 is 0 Å². The molecule has 8 heteroatoms. The van der Waals surface area contributed by atoms with E-state index in [1.54, 1.807) is 21.1 Å². The highest BCUT2D eigenvalue weighted by molar-refractivity contribution is 7.13. The number of carbonyl (C=O) groups excluding carboxylic acids is 3. The quantitative estimate of drug-likeness (QED) is 0.800. The summed E-state index contributed by atoms with van der Waals surface area (Å²) in [5.41, 5.74) is 4.80. The van der Waals surface area contributed by atoms with Gasteiger partial charge in [0.1, 0.15) is 11.8 Å². The van der Waals surface area contributed by atoms with Gasteiger partial charge in [0, 0.05) is 43.8 Å². The molecule has 1 saturated heterocycles. The van der Waals surface area contributed by atoms with Crippen LogP contribution < -0.4 is 5.43 Å². The first-order valence-corrected chi connectivity index (χ1v) is 11.0. The molecule has 7 nitrogen and oxygen atoms in total. The number of nitrogens with one attached hydrogen (secondary N) is 1. The lowest BCUT2D eigenvalue weighted by Crippen LogP contribution is -2.60. The molecule has 1 N–H and O–H groups in total. The fourth-order valence-corrected chi connectivity index (χ4v) is 4.63. The van der Waals surface area contributed by atoms with Gasteiger partial charge in [-0.25, -0.2) is 5.43 Å². The lowest BCUT2D eigenvalue weighted by Gasteiger charge is -2.40. The van der Waals surface area contributed by atoms with Gasteiger partial charge in [0.25, 0.3) is 5.91 Å². The molecule has 0 aliphatic carbocycles. The molecule has 2 aliphatic rings. The first-order chi connectivity index (χ1) is 14.6. The van der Waals surface area contributed by atoms with Gasteiger partial charge in [0.2, 0.25) is 11.8 Å². The van der Waals surface area contributed by atoms with E-state index in [9.17, 15) is 14.4 Å². The number of nitrogens with zero attached hydrogens (tertiary/aromatic N) is 3. The molecular formula is C22H24N4O3S. The average molecular weight is 425 g/mol. The summed E-state index contributed by atoms with van der Waals surface area (Å²) in [6, 6.07) is 11.6. The molecule has 1 unspecified atom stereocenters. The Bertz CT molecular complexity index is 986. The lowest BCUT2D eigenvalue weighted by atomic mass is 9.98. The minimum Gasteiger partial charge on any atom is -0.339 e. The number of hydrogen-bond donors (Lipinski definition) is 1. The van der Waals surface area contributed by atoms with Crippen LogP contribution in [0.1, 0.15) is 25.3 Å². The van der Waals surface area contributed by atoms with Crippen LogP contribution in [0.25, 0.3) is 10.4 Å². The highest BCUT2D eigenvalue weighted by Crippen LogP contribution is 2.26. The summed E-state index contributed by atoms with van der Waals surface area (Å²) < 4.78 is 0. The van der Waals surface area contributed by atoms with Crippen LogP contribution in [0.2, 0.25) is 0 Å². The van der Waals surface area contributed by atoms with Gasteiger partial charge in [0.15, 0.2) is 0 Å². The second-order valence-electron chi connectivity index (χ2n) is 7.41. The van der Waals surface area contributed by atoms with Gasteiger partial charge in [-0.05, 0) is 29.5 Å². The highest BCUT2D eigenvalue weighted by atomic mass is 32.1. The minimum absolute atomic E-state index is 0.0425. The molecule has 1 fully saturated rings. The number of hydrazone groups is 1. The van der Waals surface area contributed by atoms with Gasteiger partial charge in [-0.15, -0.1) is 11.3 Å². The Hall–Kier alpha value is -3.00. The smallest absolute Gasteiger partial charge is 0.270 e. The summed E-state index contributed by atoms with van der Waals surface area (Å²) in [6.45, 7) is 3.53. The summed E-state index contributed by atoms with van der Waals surface area (Å²) in [6.07, 6.45) is 0.980. The second-order valence-corrected chi connectivity index (χ2v) is 8.36. The topological polar surface area (TPSA) is 82.1 Å². The lowest BCUT2D eigenvalue weighted by molar-refractivity contribution is -0.148. The van der Waals surface area contributed by atoms with E-state index in [0.717, 1.165) is 11.1 Å². The van der Waals surface area contributed by atoms with E-state index in [4.69, 9.17) is 0 Å². The predicted molar refractivity (Wildman–Crippen MR) is 116 cm³/mol. The Morgan fingerprint density at radius 2 is 2.07 bits per heavy atom. The number of likely N-dealkylation sites (N-methyl/N-ethyl adjacent to an activating group) is 1. The maximum atomic E-state index is 13.1. The Morgan fingerprint density at radius 1 is 1.20 bits per heavy atom. The first kappa shape index (κ1) is 20.3. The van der Waals surface area contributed by atoms with Crippen molar-refractivity contribution >= 4 is 34.8 Å². The van der Waals surface area contributed by atoms with Crippen molar-refractivity contribution in [1.29, 1.82) is 0 Å². The van der Waals surface area contributed by atoms with E-state index in [0.29, 0.717) is 38.2 Å². The van der Waals surface area contributed by atoms with Crippen LogP contribution in [-0.2, 0) is 20.8 Å². The maximum Gasteiger partial charge on any atom is 0.270 e. The number of thiophene rings is 1. The van der Waals surface area contributed by atoms with Crippen LogP contribution in [0.5, 0.6) is 0 Å². The van der Waals surface area contributed by atoms with Gasteiger partial charge in [-0.1, -0.05) is 30.3 Å². The normalized spacial score (nSPS) is 19.5. The standard InChI is InChI=1S/C22H24N4O3S/c1-2-25-10-11-26(21(28)17-8-9-20(27)24-23-17)18(22(25)29)14-15-5-3-6-16(13-15)19-7-4-12-30-19/h3-7,12-13,18H,2,8-11,14H2,1H3,(H,24,27). The van der Waals surface area contributed by atoms with E-state index < -0.39 is 6.04 Å². The van der Waals surface area contributed by atoms with Crippen molar-refractivity contribution in [2.45, 2.75) is 32.2 Å². The van der Waals surface area contributed by atoms with Crippen LogP contribution >= 0.6 is 11.3 Å². The van der Waals surface area contributed by atoms with Crippen LogP contribution in [0.15, 0.2) is 46.9 Å². The molecule has 3 heterocycles. The molecular weight excluding hydrogens is 400 g/mol. The number of carbonyl (C=O) groups is 3. The van der Waals surface area contributed by atoms with E-state index in [2.05, 4.69) is 28.7 Å². The second kappa shape index (κ2) is 8.79. The molecule has 2 aromatic rings. The fraction of sp³-hybridized carbons (Fsp3) is 0.364. The van der Waals surface area contributed by atoms with E-state index in [1.165, 1.54) is 4.88 Å². The maximum absolute atomic E-state index is 13.1. The fourth-order valence-electron chi connectivity index (χ4n) is 3.90. The first-order valence-electron chi connectivity index (χ1n) is 10.1. The van der Waals surface area contributed by atoms with E-state index in [-0.39, 0.29) is 24.1 Å². The Morgan fingerprint density at radius 3 is 2.77 bits per heavy atom. The number of hydrogen-bond acceptors (Lipinski definition) is 5. The zero-order chi connectivity index (χ0) is 21.1. The highest BCUT2D eigenvalue weighted by Gasteiger charge is 2.38. The van der Waals surface area contributed by atoms with Crippen molar-refractivity contribution in [2.75, 3.05) is 19.6 Å². The van der Waals surface area contributed by atoms with Crippen molar-refractivity contribution in [3.8, 4) is 10.4 Å². The molecule has 1 atom stereocenters. The molecule has 0 bridgehead atoms. The summed E-state index contributed by atoms with van der Waals surface area (Å²) in [5, 5.41) is 5.98. The number of piperazine rings is 1. The molecule has 156 valence electrons. The third-order valence-corrected chi connectivity index (χ3v) is 6.46. The van der Waals surface area contributed by atoms with E-state index in [1.807, 2.05) is 30.5 Å². The molecule has 2 aliphatic heterocycles. The van der Waals surface area contributed by atoms with Crippen molar-refractivity contribution in [1.82, 2.24) is 15.2 Å². The van der Waals surface area contributed by atoms with Gasteiger partial charge in [-0.3, -0.25) is 14.4 Å². The van der Waals surface area contributed by atoms with Crippen LogP contribution in [0.4, 0.5) is 0 Å². The summed E-state index contributed by atoms with van der Waals surface area (Å²) in [7, 11) is 0. The Kier molecular flexibility index (Phi) is 5.94. The van der Waals surface area contributed by atoms with Crippen molar-refractivity contribution in [3.63, 3.8) is 0 Å². The Balaban J connectivity index is 1.60. The molecule has 4 rings (SSSR count). The summed E-state index contributed by atoms with van der Waals surface area (Å²) in [5.74, 6) is -0.502. The van der Waals surface area contributed by atoms with Crippen LogP contribution in [0.3, 0.4) is 0 Å². The van der Waals surface area contributed by atoms with Crippen LogP contribution in [-0.4, -0.2) is 58.9 Å². The summed E-state index contributed by atoms with van der Waals surface area (Å²) >= 11 is 1.67. The van der Waals surface area contributed by atoms with Gasteiger partial charge < -0.3 is 9.80 Å². The summed E-state index contributed by atoms with van der Waals surface area (Å²) in [4.78, 5) is 42.2. The molecule has 1 aromatic heterocycles. The molecule has 0 spiro atoms. The van der Waals surface area contributed by atoms with Crippen LogP contribution in [0, 0.1) is 0 Å². The molecule has 30 heavy (non-hydrogen) atoms. The minimum atomic E-state index is -0.579. The third kappa shape index (κ3) is 4.14. The van der Waals surface area contributed by atoms with Crippen molar-refractivity contribution < 1.29 is 14.4 Å². The van der Waals surface area contributed by atoms with Gasteiger partial charge >= 0.3 is 0 Å². The van der Waals surface area contributed by atoms with Crippen molar-refractivity contribution in [3.05, 3.63) is 47.3 Å². The molecule has 0 radical (unpaired) electrons.